The number of aliphatic hydroxyl groups excluding tert-OH is 1. The second-order valence-corrected chi connectivity index (χ2v) is 4.31. The molecule has 2 fully saturated rings. The van der Waals surface area contributed by atoms with Gasteiger partial charge in [-0.1, -0.05) is 0 Å². The number of carbonyl (C=O) groups excluding carboxylic acids is 1. The highest BCUT2D eigenvalue weighted by Gasteiger charge is 2.44. The van der Waals surface area contributed by atoms with Crippen molar-refractivity contribution in [3.63, 3.8) is 0 Å². The second kappa shape index (κ2) is 3.87. The van der Waals surface area contributed by atoms with Gasteiger partial charge in [0.2, 0.25) is 5.91 Å². The van der Waals surface area contributed by atoms with E-state index in [0.717, 1.165) is 25.7 Å². The van der Waals surface area contributed by atoms with E-state index in [1.54, 1.807) is 0 Å². The minimum atomic E-state index is -0.268. The van der Waals surface area contributed by atoms with Crippen LogP contribution < -0.4 is 5.32 Å². The standard InChI is InChI=1S/C10H17NO3/c12-7-10(3-4-10)11-9(13)8-1-5-14-6-2-8/h8,12H,1-7H2,(H,11,13). The van der Waals surface area contributed by atoms with Crippen molar-refractivity contribution in [3.8, 4) is 0 Å². The summed E-state index contributed by atoms with van der Waals surface area (Å²) in [5.74, 6) is 0.188. The number of hydrogen-bond donors (Lipinski definition) is 2. The summed E-state index contributed by atoms with van der Waals surface area (Å²) in [7, 11) is 0. The van der Waals surface area contributed by atoms with Crippen molar-refractivity contribution in [1.29, 1.82) is 0 Å². The van der Waals surface area contributed by atoms with Crippen LogP contribution in [0.1, 0.15) is 25.7 Å². The summed E-state index contributed by atoms with van der Waals surface area (Å²) >= 11 is 0. The van der Waals surface area contributed by atoms with Gasteiger partial charge in [0.05, 0.1) is 12.1 Å². The first kappa shape index (κ1) is 9.93. The Bertz CT molecular complexity index is 219. The summed E-state index contributed by atoms with van der Waals surface area (Å²) in [6.45, 7) is 1.44. The molecule has 1 saturated heterocycles. The molecule has 1 amide bonds. The molecular formula is C10H17NO3. The second-order valence-electron chi connectivity index (χ2n) is 4.31. The zero-order valence-electron chi connectivity index (χ0n) is 8.29. The molecule has 80 valence electrons. The normalized spacial score (nSPS) is 25.8. The van der Waals surface area contributed by atoms with E-state index in [2.05, 4.69) is 5.32 Å². The van der Waals surface area contributed by atoms with Crippen LogP contribution in [0.25, 0.3) is 0 Å². The fraction of sp³-hybridized carbons (Fsp3) is 0.900. The Labute approximate surface area is 83.6 Å². The van der Waals surface area contributed by atoms with E-state index in [1.165, 1.54) is 0 Å². The summed E-state index contributed by atoms with van der Waals surface area (Å²) in [4.78, 5) is 11.7. The molecule has 1 aliphatic heterocycles. The summed E-state index contributed by atoms with van der Waals surface area (Å²) in [6.07, 6.45) is 3.46. The molecule has 0 atom stereocenters. The largest absolute Gasteiger partial charge is 0.394 e. The molecule has 0 aromatic heterocycles. The van der Waals surface area contributed by atoms with Gasteiger partial charge in [0.25, 0.3) is 0 Å². The van der Waals surface area contributed by atoms with Crippen molar-refractivity contribution < 1.29 is 14.6 Å². The lowest BCUT2D eigenvalue weighted by atomic mass is 9.99. The first-order valence-corrected chi connectivity index (χ1v) is 5.26. The lowest BCUT2D eigenvalue weighted by Gasteiger charge is -2.24. The number of nitrogens with one attached hydrogen (secondary N) is 1. The Morgan fingerprint density at radius 2 is 2.07 bits per heavy atom. The van der Waals surface area contributed by atoms with E-state index >= 15 is 0 Å². The van der Waals surface area contributed by atoms with Crippen molar-refractivity contribution in [2.24, 2.45) is 5.92 Å². The molecule has 0 bridgehead atoms. The topological polar surface area (TPSA) is 58.6 Å². The van der Waals surface area contributed by atoms with E-state index in [1.807, 2.05) is 0 Å². The predicted molar refractivity (Wildman–Crippen MR) is 50.7 cm³/mol. The lowest BCUT2D eigenvalue weighted by Crippen LogP contribution is -2.44. The maximum Gasteiger partial charge on any atom is 0.223 e. The highest BCUT2D eigenvalue weighted by Crippen LogP contribution is 2.35. The van der Waals surface area contributed by atoms with Gasteiger partial charge in [-0.3, -0.25) is 4.79 Å². The summed E-state index contributed by atoms with van der Waals surface area (Å²) < 4.78 is 5.19. The van der Waals surface area contributed by atoms with Crippen LogP contribution in [0.2, 0.25) is 0 Å². The zero-order chi connectivity index (χ0) is 10.0. The van der Waals surface area contributed by atoms with Crippen LogP contribution in [0.5, 0.6) is 0 Å². The molecule has 0 aromatic carbocycles. The van der Waals surface area contributed by atoms with Gasteiger partial charge in [0, 0.05) is 19.1 Å². The summed E-state index contributed by atoms with van der Waals surface area (Å²) in [6, 6.07) is 0. The molecule has 1 aliphatic carbocycles. The molecule has 0 unspecified atom stereocenters. The van der Waals surface area contributed by atoms with E-state index in [0.29, 0.717) is 13.2 Å². The van der Waals surface area contributed by atoms with Crippen LogP contribution >= 0.6 is 0 Å². The van der Waals surface area contributed by atoms with Crippen LogP contribution in [0.15, 0.2) is 0 Å². The maximum atomic E-state index is 11.7. The average Bonchev–Trinajstić information content (AvgIpc) is 3.00. The third-order valence-electron chi connectivity index (χ3n) is 3.14. The van der Waals surface area contributed by atoms with Crippen molar-refractivity contribution in [1.82, 2.24) is 5.32 Å². The number of aliphatic hydroxyl groups is 1. The van der Waals surface area contributed by atoms with E-state index in [4.69, 9.17) is 9.84 Å². The molecule has 14 heavy (non-hydrogen) atoms. The van der Waals surface area contributed by atoms with E-state index in [9.17, 15) is 4.79 Å². The number of rotatable bonds is 3. The SMILES string of the molecule is O=C(NC1(CO)CC1)C1CCOCC1. The number of ether oxygens (including phenoxy) is 1. The smallest absolute Gasteiger partial charge is 0.223 e. The minimum absolute atomic E-state index is 0.0714. The van der Waals surface area contributed by atoms with Crippen LogP contribution in [0.3, 0.4) is 0 Å². The van der Waals surface area contributed by atoms with Gasteiger partial charge in [-0.05, 0) is 25.7 Å². The van der Waals surface area contributed by atoms with Gasteiger partial charge in [-0.25, -0.2) is 0 Å². The Hall–Kier alpha value is -0.610. The fourth-order valence-electron chi connectivity index (χ4n) is 1.80. The molecule has 2 aliphatic rings. The fourth-order valence-corrected chi connectivity index (χ4v) is 1.80. The number of carbonyl (C=O) groups is 1. The van der Waals surface area contributed by atoms with Gasteiger partial charge in [-0.15, -0.1) is 0 Å². The Balaban J connectivity index is 1.82. The van der Waals surface area contributed by atoms with Crippen LogP contribution in [0, 0.1) is 5.92 Å². The third kappa shape index (κ3) is 2.07. The highest BCUT2D eigenvalue weighted by atomic mass is 16.5. The molecule has 4 heteroatoms. The summed E-state index contributed by atoms with van der Waals surface area (Å²) in [5, 5.41) is 12.0. The molecule has 0 spiro atoms. The molecule has 2 rings (SSSR count). The lowest BCUT2D eigenvalue weighted by molar-refractivity contribution is -0.129. The van der Waals surface area contributed by atoms with Gasteiger partial charge in [-0.2, -0.15) is 0 Å². The predicted octanol–water partition coefficient (Wildman–Crippen LogP) is 0.0541. The van der Waals surface area contributed by atoms with E-state index < -0.39 is 0 Å². The minimum Gasteiger partial charge on any atom is -0.394 e. The molecule has 4 nitrogen and oxygen atoms in total. The Morgan fingerprint density at radius 1 is 1.43 bits per heavy atom. The molecule has 0 aromatic rings. The number of amides is 1. The monoisotopic (exact) mass is 199 g/mol. The Kier molecular flexibility index (Phi) is 2.74. The molecule has 1 heterocycles. The molecule has 0 radical (unpaired) electrons. The Morgan fingerprint density at radius 3 is 2.57 bits per heavy atom. The van der Waals surface area contributed by atoms with Crippen molar-refractivity contribution in [2.75, 3.05) is 19.8 Å². The summed E-state index contributed by atoms with van der Waals surface area (Å²) in [5.41, 5.74) is -0.268. The molecule has 1 saturated carbocycles. The average molecular weight is 199 g/mol. The van der Waals surface area contributed by atoms with Gasteiger partial charge >= 0.3 is 0 Å². The molecule has 2 N–H and O–H groups in total. The van der Waals surface area contributed by atoms with Gasteiger partial charge in [0.1, 0.15) is 0 Å². The third-order valence-corrected chi connectivity index (χ3v) is 3.14. The maximum absolute atomic E-state index is 11.7. The van der Waals surface area contributed by atoms with Crippen molar-refractivity contribution in [2.45, 2.75) is 31.2 Å². The molecular weight excluding hydrogens is 182 g/mol. The number of hydrogen-bond acceptors (Lipinski definition) is 3. The first-order valence-electron chi connectivity index (χ1n) is 5.26. The quantitative estimate of drug-likeness (QED) is 0.675. The highest BCUT2D eigenvalue weighted by molar-refractivity contribution is 5.80. The van der Waals surface area contributed by atoms with Crippen LogP contribution in [0.4, 0.5) is 0 Å². The first-order chi connectivity index (χ1) is 6.76. The zero-order valence-corrected chi connectivity index (χ0v) is 8.29. The van der Waals surface area contributed by atoms with Crippen molar-refractivity contribution >= 4 is 5.91 Å². The van der Waals surface area contributed by atoms with Gasteiger partial charge < -0.3 is 15.2 Å². The van der Waals surface area contributed by atoms with Gasteiger partial charge in [0.15, 0.2) is 0 Å². The van der Waals surface area contributed by atoms with Crippen LogP contribution in [-0.2, 0) is 9.53 Å². The van der Waals surface area contributed by atoms with Crippen molar-refractivity contribution in [3.05, 3.63) is 0 Å². The van der Waals surface area contributed by atoms with Crippen LogP contribution in [-0.4, -0.2) is 36.4 Å². The van der Waals surface area contributed by atoms with E-state index in [-0.39, 0.29) is 24.0 Å².